The molecule has 0 bridgehead atoms. The van der Waals surface area contributed by atoms with Crippen LogP contribution in [0.3, 0.4) is 0 Å². The minimum absolute atomic E-state index is 0.0862. The van der Waals surface area contributed by atoms with Crippen LogP contribution in [0, 0.1) is 10.1 Å². The number of nitro groups is 1. The summed E-state index contributed by atoms with van der Waals surface area (Å²) in [6, 6.07) is 14.1. The fourth-order valence-corrected chi connectivity index (χ4v) is 2.33. The van der Waals surface area contributed by atoms with Crippen LogP contribution in [0.4, 0.5) is 17.1 Å². The maximum Gasteiger partial charge on any atom is 0.293 e. The minimum atomic E-state index is -0.470. The molecular weight excluding hydrogens is 308 g/mol. The second-order valence-electron chi connectivity index (χ2n) is 5.74. The van der Waals surface area contributed by atoms with Crippen LogP contribution in [0.1, 0.15) is 23.2 Å². The van der Waals surface area contributed by atoms with Crippen LogP contribution < -0.4 is 15.8 Å². The molecule has 0 aromatic heterocycles. The summed E-state index contributed by atoms with van der Waals surface area (Å²) in [6.45, 7) is 0. The highest BCUT2D eigenvalue weighted by atomic mass is 16.6. The van der Waals surface area contributed by atoms with E-state index in [0.29, 0.717) is 11.7 Å². The molecule has 1 aliphatic carbocycles. The highest BCUT2D eigenvalue weighted by molar-refractivity contribution is 5.96. The van der Waals surface area contributed by atoms with Gasteiger partial charge in [-0.25, -0.2) is 0 Å². The molecule has 1 amide bonds. The van der Waals surface area contributed by atoms with E-state index in [1.54, 1.807) is 24.2 Å². The van der Waals surface area contributed by atoms with Crippen LogP contribution in [0.15, 0.2) is 48.5 Å². The first-order valence-corrected chi connectivity index (χ1v) is 7.69. The van der Waals surface area contributed by atoms with Gasteiger partial charge in [0.25, 0.3) is 11.6 Å². The van der Waals surface area contributed by atoms with Gasteiger partial charge in [0, 0.05) is 24.7 Å². The molecule has 0 spiro atoms. The lowest BCUT2D eigenvalue weighted by Crippen LogP contribution is -2.39. The standard InChI is InChI=1S/C17H18N4O3/c1-20(14-5-3-2-4-6-14)19-17(22)12-7-10-15(18-13-8-9-13)16(11-12)21(23)24/h2-7,10-11,13,18H,8-9H2,1H3,(H,19,22). The van der Waals surface area contributed by atoms with E-state index in [4.69, 9.17) is 0 Å². The van der Waals surface area contributed by atoms with E-state index in [2.05, 4.69) is 10.7 Å². The molecule has 7 heteroatoms. The summed E-state index contributed by atoms with van der Waals surface area (Å²) < 4.78 is 0. The van der Waals surface area contributed by atoms with Crippen LogP contribution in [0.2, 0.25) is 0 Å². The number of amides is 1. The first-order valence-electron chi connectivity index (χ1n) is 7.69. The number of carbonyl (C=O) groups excluding carboxylic acids is 1. The Morgan fingerprint density at radius 1 is 1.21 bits per heavy atom. The lowest BCUT2D eigenvalue weighted by atomic mass is 10.1. The van der Waals surface area contributed by atoms with Crippen molar-refractivity contribution >= 4 is 23.0 Å². The van der Waals surface area contributed by atoms with E-state index in [1.165, 1.54) is 6.07 Å². The Bertz CT molecular complexity index is 760. The highest BCUT2D eigenvalue weighted by Gasteiger charge is 2.25. The molecule has 0 radical (unpaired) electrons. The molecule has 24 heavy (non-hydrogen) atoms. The van der Waals surface area contributed by atoms with Crippen molar-refractivity contribution in [3.63, 3.8) is 0 Å². The first-order chi connectivity index (χ1) is 11.5. The van der Waals surface area contributed by atoms with Crippen LogP contribution >= 0.6 is 0 Å². The molecule has 2 aromatic carbocycles. The molecule has 0 heterocycles. The Morgan fingerprint density at radius 3 is 2.54 bits per heavy atom. The number of anilines is 2. The molecule has 0 saturated heterocycles. The summed E-state index contributed by atoms with van der Waals surface area (Å²) in [5.41, 5.74) is 4.12. The Morgan fingerprint density at radius 2 is 1.92 bits per heavy atom. The molecule has 1 saturated carbocycles. The third-order valence-electron chi connectivity index (χ3n) is 3.81. The van der Waals surface area contributed by atoms with Crippen LogP contribution in [-0.4, -0.2) is 23.9 Å². The van der Waals surface area contributed by atoms with Gasteiger partial charge < -0.3 is 5.32 Å². The zero-order chi connectivity index (χ0) is 17.1. The number of nitrogens with one attached hydrogen (secondary N) is 2. The number of hydrogen-bond donors (Lipinski definition) is 2. The fraction of sp³-hybridized carbons (Fsp3) is 0.235. The summed E-state index contributed by atoms with van der Waals surface area (Å²) in [6.07, 6.45) is 2.03. The normalized spacial score (nSPS) is 13.2. The molecule has 7 nitrogen and oxygen atoms in total. The predicted molar refractivity (Wildman–Crippen MR) is 92.1 cm³/mol. The van der Waals surface area contributed by atoms with Crippen molar-refractivity contribution in [2.24, 2.45) is 0 Å². The van der Waals surface area contributed by atoms with Crippen molar-refractivity contribution in [1.29, 1.82) is 0 Å². The topological polar surface area (TPSA) is 87.5 Å². The summed E-state index contributed by atoms with van der Waals surface area (Å²) in [5, 5.41) is 16.0. The molecule has 2 aromatic rings. The fourth-order valence-electron chi connectivity index (χ4n) is 2.33. The quantitative estimate of drug-likeness (QED) is 0.629. The van der Waals surface area contributed by atoms with E-state index in [1.807, 2.05) is 30.3 Å². The zero-order valence-corrected chi connectivity index (χ0v) is 13.2. The van der Waals surface area contributed by atoms with Gasteiger partial charge in [0.1, 0.15) is 5.69 Å². The number of para-hydroxylation sites is 1. The third kappa shape index (κ3) is 3.62. The van der Waals surface area contributed by atoms with E-state index in [0.717, 1.165) is 18.5 Å². The average molecular weight is 326 g/mol. The first kappa shape index (κ1) is 15.8. The van der Waals surface area contributed by atoms with Gasteiger partial charge in [-0.3, -0.25) is 25.3 Å². The molecular formula is C17H18N4O3. The van der Waals surface area contributed by atoms with Crippen molar-refractivity contribution in [3.05, 3.63) is 64.2 Å². The molecule has 124 valence electrons. The molecule has 0 aliphatic heterocycles. The van der Waals surface area contributed by atoms with Crippen molar-refractivity contribution < 1.29 is 9.72 Å². The summed E-state index contributed by atoms with van der Waals surface area (Å²) in [7, 11) is 1.71. The Labute approximate surface area is 139 Å². The number of hydrogen-bond acceptors (Lipinski definition) is 5. The lowest BCUT2D eigenvalue weighted by molar-refractivity contribution is -0.384. The van der Waals surface area contributed by atoms with Gasteiger partial charge in [0.15, 0.2) is 0 Å². The van der Waals surface area contributed by atoms with Crippen molar-refractivity contribution in [2.45, 2.75) is 18.9 Å². The maximum absolute atomic E-state index is 12.4. The summed E-state index contributed by atoms with van der Waals surface area (Å²) in [5.74, 6) is -0.401. The molecule has 0 atom stereocenters. The molecule has 1 fully saturated rings. The highest BCUT2D eigenvalue weighted by Crippen LogP contribution is 2.31. The Kier molecular flexibility index (Phi) is 4.33. The molecule has 3 rings (SSSR count). The second-order valence-corrected chi connectivity index (χ2v) is 5.74. The van der Waals surface area contributed by atoms with E-state index in [-0.39, 0.29) is 11.3 Å². The van der Waals surface area contributed by atoms with Gasteiger partial charge in [0.2, 0.25) is 0 Å². The molecule has 1 aliphatic rings. The van der Waals surface area contributed by atoms with E-state index in [9.17, 15) is 14.9 Å². The Balaban J connectivity index is 1.76. The van der Waals surface area contributed by atoms with Crippen molar-refractivity contribution in [3.8, 4) is 0 Å². The lowest BCUT2D eigenvalue weighted by Gasteiger charge is -2.20. The predicted octanol–water partition coefficient (Wildman–Crippen LogP) is 2.95. The number of nitro benzene ring substituents is 1. The van der Waals surface area contributed by atoms with Gasteiger partial charge in [-0.05, 0) is 37.1 Å². The average Bonchev–Trinajstić information content (AvgIpc) is 3.39. The van der Waals surface area contributed by atoms with Gasteiger partial charge in [0.05, 0.1) is 10.6 Å². The summed E-state index contributed by atoms with van der Waals surface area (Å²) >= 11 is 0. The minimum Gasteiger partial charge on any atom is -0.377 e. The summed E-state index contributed by atoms with van der Waals surface area (Å²) in [4.78, 5) is 23.1. The van der Waals surface area contributed by atoms with Gasteiger partial charge in [-0.1, -0.05) is 18.2 Å². The molecule has 0 unspecified atom stereocenters. The SMILES string of the molecule is CN(NC(=O)c1ccc(NC2CC2)c([N+](=O)[O-])c1)c1ccccc1. The number of rotatable bonds is 6. The van der Waals surface area contributed by atoms with Gasteiger partial charge in [-0.2, -0.15) is 0 Å². The Hall–Kier alpha value is -3.09. The monoisotopic (exact) mass is 326 g/mol. The largest absolute Gasteiger partial charge is 0.377 e. The van der Waals surface area contributed by atoms with Crippen LogP contribution in [0.5, 0.6) is 0 Å². The van der Waals surface area contributed by atoms with Crippen molar-refractivity contribution in [2.75, 3.05) is 17.4 Å². The van der Waals surface area contributed by atoms with E-state index >= 15 is 0 Å². The van der Waals surface area contributed by atoms with Gasteiger partial charge >= 0.3 is 0 Å². The maximum atomic E-state index is 12.4. The van der Waals surface area contributed by atoms with Gasteiger partial charge in [-0.15, -0.1) is 0 Å². The van der Waals surface area contributed by atoms with E-state index < -0.39 is 10.8 Å². The smallest absolute Gasteiger partial charge is 0.293 e. The number of carbonyl (C=O) groups is 1. The third-order valence-corrected chi connectivity index (χ3v) is 3.81. The molecule has 2 N–H and O–H groups in total. The number of benzene rings is 2. The van der Waals surface area contributed by atoms with Crippen LogP contribution in [-0.2, 0) is 0 Å². The van der Waals surface area contributed by atoms with Crippen LogP contribution in [0.25, 0.3) is 0 Å². The number of hydrazine groups is 1. The second kappa shape index (κ2) is 6.57. The van der Waals surface area contributed by atoms with Crippen molar-refractivity contribution in [1.82, 2.24) is 5.43 Å². The zero-order valence-electron chi connectivity index (χ0n) is 13.2. The number of nitrogens with zero attached hydrogens (tertiary/aromatic N) is 2.